The summed E-state index contributed by atoms with van der Waals surface area (Å²) < 4.78 is 0. The number of rotatable bonds is 7. The molecule has 0 aliphatic carbocycles. The van der Waals surface area contributed by atoms with E-state index in [-0.39, 0.29) is 0 Å². The number of hydrogen-bond donors (Lipinski definition) is 0. The Morgan fingerprint density at radius 1 is 0.769 bits per heavy atom. The van der Waals surface area contributed by atoms with E-state index >= 15 is 0 Å². The van der Waals surface area contributed by atoms with Gasteiger partial charge in [0.1, 0.15) is 0 Å². The molecule has 0 aromatic heterocycles. The minimum Gasteiger partial charge on any atom is -0.258 e. The molecule has 26 heavy (non-hydrogen) atoms. The summed E-state index contributed by atoms with van der Waals surface area (Å²) in [7, 11) is 0. The molecule has 2 rings (SSSR count). The van der Waals surface area contributed by atoms with Crippen LogP contribution in [-0.4, -0.2) is 11.4 Å². The first kappa shape index (κ1) is 20.1. The van der Waals surface area contributed by atoms with Crippen molar-refractivity contribution >= 4 is 22.8 Å². The highest BCUT2D eigenvalue weighted by Gasteiger charge is 2.06. The van der Waals surface area contributed by atoms with Gasteiger partial charge in [-0.1, -0.05) is 58.0 Å². The lowest BCUT2D eigenvalue weighted by atomic mass is 10.0. The second-order valence-electron chi connectivity index (χ2n) is 7.96. The molecule has 138 valence electrons. The molecular formula is C24H32N2. The van der Waals surface area contributed by atoms with Crippen LogP contribution in [0.2, 0.25) is 0 Å². The van der Waals surface area contributed by atoms with E-state index < -0.39 is 0 Å². The summed E-state index contributed by atoms with van der Waals surface area (Å²) in [5, 5.41) is 0. The first-order chi connectivity index (χ1) is 12.3. The first-order valence-electron chi connectivity index (χ1n) is 9.63. The molecule has 2 heteroatoms. The van der Waals surface area contributed by atoms with Gasteiger partial charge in [-0.3, -0.25) is 9.98 Å². The second kappa shape index (κ2) is 9.47. The fourth-order valence-corrected chi connectivity index (χ4v) is 3.26. The molecule has 0 amide bonds. The van der Waals surface area contributed by atoms with E-state index in [0.29, 0.717) is 11.8 Å². The third-order valence-corrected chi connectivity index (χ3v) is 4.10. The van der Waals surface area contributed by atoms with Crippen molar-refractivity contribution in [3.05, 3.63) is 48.5 Å². The Labute approximate surface area is 159 Å². The second-order valence-corrected chi connectivity index (χ2v) is 7.96. The summed E-state index contributed by atoms with van der Waals surface area (Å²) in [6, 6.07) is 16.8. The van der Waals surface area contributed by atoms with Gasteiger partial charge in [-0.15, -0.1) is 0 Å². The average Bonchev–Trinajstić information content (AvgIpc) is 2.54. The maximum absolute atomic E-state index is 4.89. The number of benzene rings is 2. The molecule has 0 atom stereocenters. The number of hydrogen-bond acceptors (Lipinski definition) is 2. The van der Waals surface area contributed by atoms with Crippen molar-refractivity contribution in [1.82, 2.24) is 0 Å². The van der Waals surface area contributed by atoms with Crippen LogP contribution in [0.1, 0.15) is 54.4 Å². The van der Waals surface area contributed by atoms with E-state index in [0.717, 1.165) is 29.8 Å². The van der Waals surface area contributed by atoms with Gasteiger partial charge < -0.3 is 0 Å². The molecule has 2 aromatic carbocycles. The summed E-state index contributed by atoms with van der Waals surface area (Å²) in [6.07, 6.45) is 2.05. The van der Waals surface area contributed by atoms with Gasteiger partial charge in [0.05, 0.1) is 11.4 Å². The van der Waals surface area contributed by atoms with Crippen LogP contribution < -0.4 is 0 Å². The molecule has 0 saturated heterocycles. The van der Waals surface area contributed by atoms with Crippen LogP contribution in [0.3, 0.4) is 0 Å². The monoisotopic (exact) mass is 348 g/mol. The number of aliphatic imine (C=N–C) groups is 2. The zero-order valence-electron chi connectivity index (χ0n) is 17.1. The molecule has 0 saturated carbocycles. The van der Waals surface area contributed by atoms with Crippen molar-refractivity contribution < 1.29 is 0 Å². The van der Waals surface area contributed by atoms with Crippen LogP contribution >= 0.6 is 0 Å². The Kier molecular flexibility index (Phi) is 7.32. The topological polar surface area (TPSA) is 24.7 Å². The summed E-state index contributed by atoms with van der Waals surface area (Å²) >= 11 is 0. The van der Waals surface area contributed by atoms with Crippen molar-refractivity contribution in [1.29, 1.82) is 0 Å². The van der Waals surface area contributed by atoms with Gasteiger partial charge in [-0.05, 0) is 62.3 Å². The van der Waals surface area contributed by atoms with Gasteiger partial charge in [-0.2, -0.15) is 0 Å². The van der Waals surface area contributed by atoms with Crippen LogP contribution in [0, 0.1) is 11.8 Å². The van der Waals surface area contributed by atoms with Crippen LogP contribution in [-0.2, 0) is 0 Å². The lowest BCUT2D eigenvalue weighted by Gasteiger charge is -2.10. The van der Waals surface area contributed by atoms with Gasteiger partial charge in [-0.25, -0.2) is 0 Å². The molecule has 0 N–H and O–H groups in total. The summed E-state index contributed by atoms with van der Waals surface area (Å²) in [5.74, 6) is 1.24. The zero-order valence-corrected chi connectivity index (χ0v) is 17.1. The van der Waals surface area contributed by atoms with Crippen molar-refractivity contribution in [2.45, 2.75) is 54.4 Å². The Bertz CT molecular complexity index is 782. The van der Waals surface area contributed by atoms with Crippen molar-refractivity contribution in [3.8, 4) is 11.1 Å². The van der Waals surface area contributed by atoms with E-state index in [2.05, 4.69) is 90.1 Å². The van der Waals surface area contributed by atoms with Gasteiger partial charge >= 0.3 is 0 Å². The number of para-hydroxylation sites is 1. The lowest BCUT2D eigenvalue weighted by Crippen LogP contribution is -1.97. The Balaban J connectivity index is 2.36. The highest BCUT2D eigenvalue weighted by Crippen LogP contribution is 2.32. The molecule has 0 aliphatic rings. The fourth-order valence-electron chi connectivity index (χ4n) is 3.26. The quantitative estimate of drug-likeness (QED) is 0.459. The van der Waals surface area contributed by atoms with E-state index in [1.807, 2.05) is 0 Å². The Hall–Kier alpha value is -2.22. The van der Waals surface area contributed by atoms with Crippen molar-refractivity contribution in [3.63, 3.8) is 0 Å². The molecule has 0 unspecified atom stereocenters. The summed E-state index contributed by atoms with van der Waals surface area (Å²) in [4.78, 5) is 9.68. The molecule has 0 spiro atoms. The largest absolute Gasteiger partial charge is 0.258 e. The van der Waals surface area contributed by atoms with Crippen LogP contribution in [0.25, 0.3) is 11.1 Å². The highest BCUT2D eigenvalue weighted by molar-refractivity contribution is 5.89. The summed E-state index contributed by atoms with van der Waals surface area (Å²) in [6.45, 7) is 13.1. The van der Waals surface area contributed by atoms with Gasteiger partial charge in [0.2, 0.25) is 0 Å². The number of nitrogens with zero attached hydrogens (tertiary/aromatic N) is 2. The maximum Gasteiger partial charge on any atom is 0.0707 e. The average molecular weight is 349 g/mol. The van der Waals surface area contributed by atoms with E-state index in [9.17, 15) is 0 Å². The molecule has 2 nitrogen and oxygen atoms in total. The van der Waals surface area contributed by atoms with Gasteiger partial charge in [0.15, 0.2) is 0 Å². The minimum atomic E-state index is 0.618. The molecule has 0 radical (unpaired) electrons. The first-order valence-corrected chi connectivity index (χ1v) is 9.63. The highest BCUT2D eigenvalue weighted by atomic mass is 14.8. The molecule has 2 aromatic rings. The van der Waals surface area contributed by atoms with Gasteiger partial charge in [0, 0.05) is 17.0 Å². The fraction of sp³-hybridized carbons (Fsp3) is 0.417. The van der Waals surface area contributed by atoms with E-state index in [4.69, 9.17) is 9.98 Å². The maximum atomic E-state index is 4.89. The van der Waals surface area contributed by atoms with Crippen LogP contribution in [0.4, 0.5) is 11.4 Å². The lowest BCUT2D eigenvalue weighted by molar-refractivity contribution is 0.682. The minimum absolute atomic E-state index is 0.618. The van der Waals surface area contributed by atoms with E-state index in [1.54, 1.807) is 0 Å². The third kappa shape index (κ3) is 6.25. The summed E-state index contributed by atoms with van der Waals surface area (Å²) in [5.41, 5.74) is 6.73. The standard InChI is InChI=1S/C24H32N2/c1-17(2)14-19(5)25-22-11-9-10-21(16-22)23-12-7-8-13-24(23)26-20(6)15-18(3)4/h7-13,16-18H,14-15H2,1-6H3. The SMILES string of the molecule is CC(CC(C)C)=Nc1cccc(-c2ccccc2N=C(C)CC(C)C)c1. The van der Waals surface area contributed by atoms with Crippen LogP contribution in [0.15, 0.2) is 58.5 Å². The van der Waals surface area contributed by atoms with Crippen molar-refractivity contribution in [2.24, 2.45) is 21.8 Å². The third-order valence-electron chi connectivity index (χ3n) is 4.10. The predicted octanol–water partition coefficient (Wildman–Crippen LogP) is 7.63. The van der Waals surface area contributed by atoms with Gasteiger partial charge in [0.25, 0.3) is 0 Å². The smallest absolute Gasteiger partial charge is 0.0707 e. The molecule has 0 fully saturated rings. The zero-order chi connectivity index (χ0) is 19.1. The van der Waals surface area contributed by atoms with Crippen molar-refractivity contribution in [2.75, 3.05) is 0 Å². The molecular weight excluding hydrogens is 316 g/mol. The van der Waals surface area contributed by atoms with E-state index in [1.165, 1.54) is 17.0 Å². The molecule has 0 heterocycles. The molecule has 0 bridgehead atoms. The Morgan fingerprint density at radius 2 is 1.38 bits per heavy atom. The predicted molar refractivity (Wildman–Crippen MR) is 116 cm³/mol. The molecule has 0 aliphatic heterocycles. The normalized spacial score (nSPS) is 12.9. The Morgan fingerprint density at radius 3 is 2.04 bits per heavy atom. The van der Waals surface area contributed by atoms with Crippen LogP contribution in [0.5, 0.6) is 0 Å².